The number of halogens is 1. The summed E-state index contributed by atoms with van der Waals surface area (Å²) in [5, 5.41) is 8.85. The van der Waals surface area contributed by atoms with Gasteiger partial charge in [-0.25, -0.2) is 9.18 Å². The van der Waals surface area contributed by atoms with Gasteiger partial charge >= 0.3 is 5.97 Å². The summed E-state index contributed by atoms with van der Waals surface area (Å²) in [4.78, 5) is 11.7. The van der Waals surface area contributed by atoms with E-state index in [1.807, 2.05) is 11.5 Å². The normalized spacial score (nSPS) is 10.5. The van der Waals surface area contributed by atoms with Crippen molar-refractivity contribution in [3.8, 4) is 0 Å². The third-order valence-corrected chi connectivity index (χ3v) is 4.06. The molecule has 2 aromatic rings. The molecule has 0 saturated heterocycles. The fraction of sp³-hybridized carbons (Fsp3) is 0.267. The molecule has 7 heteroatoms. The summed E-state index contributed by atoms with van der Waals surface area (Å²) >= 11 is 1.42. The number of allylic oxidation sites excluding steroid dienone is 1. The number of nitrogens with zero attached hydrogens (tertiary/aromatic N) is 3. The lowest BCUT2D eigenvalue weighted by Gasteiger charge is -2.09. The summed E-state index contributed by atoms with van der Waals surface area (Å²) in [5.74, 6) is 0.216. The van der Waals surface area contributed by atoms with Gasteiger partial charge in [0.05, 0.1) is 12.7 Å². The lowest BCUT2D eigenvalue weighted by atomic mass is 10.1. The van der Waals surface area contributed by atoms with Crippen LogP contribution >= 0.6 is 11.8 Å². The number of hydrogen-bond donors (Lipinski definition) is 0. The second kappa shape index (κ2) is 7.22. The van der Waals surface area contributed by atoms with Gasteiger partial charge in [-0.15, -0.1) is 16.8 Å². The topological polar surface area (TPSA) is 57.0 Å². The van der Waals surface area contributed by atoms with Gasteiger partial charge in [-0.1, -0.05) is 23.9 Å². The number of carbonyl (C=O) groups is 1. The van der Waals surface area contributed by atoms with Crippen LogP contribution in [0.1, 0.15) is 21.7 Å². The highest BCUT2D eigenvalue weighted by Crippen LogP contribution is 2.24. The lowest BCUT2D eigenvalue weighted by molar-refractivity contribution is 0.0599. The molecule has 0 fully saturated rings. The Balaban J connectivity index is 2.22. The predicted molar refractivity (Wildman–Crippen MR) is 82.3 cm³/mol. The Labute approximate surface area is 132 Å². The molecule has 1 aromatic heterocycles. The molecule has 0 unspecified atom stereocenters. The Bertz CT molecular complexity index is 700. The Morgan fingerprint density at radius 3 is 2.95 bits per heavy atom. The molecule has 1 aromatic carbocycles. The van der Waals surface area contributed by atoms with Gasteiger partial charge in [-0.3, -0.25) is 0 Å². The van der Waals surface area contributed by atoms with Crippen molar-refractivity contribution >= 4 is 17.7 Å². The van der Waals surface area contributed by atoms with E-state index in [0.29, 0.717) is 17.9 Å². The third kappa shape index (κ3) is 3.54. The van der Waals surface area contributed by atoms with Gasteiger partial charge < -0.3 is 9.30 Å². The summed E-state index contributed by atoms with van der Waals surface area (Å²) in [6.07, 6.45) is 1.76. The largest absolute Gasteiger partial charge is 0.465 e. The van der Waals surface area contributed by atoms with Crippen LogP contribution in [0.25, 0.3) is 0 Å². The zero-order chi connectivity index (χ0) is 16.1. The van der Waals surface area contributed by atoms with E-state index in [9.17, 15) is 9.18 Å². The van der Waals surface area contributed by atoms with Crippen LogP contribution in [-0.4, -0.2) is 27.8 Å². The molecule has 116 valence electrons. The number of aryl methyl sites for hydroxylation is 1. The summed E-state index contributed by atoms with van der Waals surface area (Å²) in [6.45, 7) is 6.17. The van der Waals surface area contributed by atoms with E-state index in [2.05, 4.69) is 21.5 Å². The van der Waals surface area contributed by atoms with Crippen molar-refractivity contribution in [1.82, 2.24) is 14.8 Å². The van der Waals surface area contributed by atoms with E-state index in [0.717, 1.165) is 11.0 Å². The molecule has 0 aliphatic rings. The zero-order valence-electron chi connectivity index (χ0n) is 12.4. The van der Waals surface area contributed by atoms with Crippen LogP contribution in [0.2, 0.25) is 0 Å². The van der Waals surface area contributed by atoms with Gasteiger partial charge in [0.2, 0.25) is 0 Å². The van der Waals surface area contributed by atoms with Crippen LogP contribution in [0.3, 0.4) is 0 Å². The number of benzene rings is 1. The average molecular weight is 321 g/mol. The quantitative estimate of drug-likeness (QED) is 0.465. The minimum Gasteiger partial charge on any atom is -0.465 e. The van der Waals surface area contributed by atoms with Crippen molar-refractivity contribution in [2.24, 2.45) is 0 Å². The molecule has 1 heterocycles. The van der Waals surface area contributed by atoms with Crippen molar-refractivity contribution in [3.63, 3.8) is 0 Å². The number of thioether (sulfide) groups is 1. The number of aromatic nitrogens is 3. The predicted octanol–water partition coefficient (Wildman–Crippen LogP) is 2.99. The molecule has 22 heavy (non-hydrogen) atoms. The molecule has 5 nitrogen and oxygen atoms in total. The van der Waals surface area contributed by atoms with E-state index < -0.39 is 11.8 Å². The smallest absolute Gasteiger partial charge is 0.338 e. The van der Waals surface area contributed by atoms with Gasteiger partial charge in [-0.05, 0) is 24.6 Å². The molecule has 0 amide bonds. The third-order valence-electron chi connectivity index (χ3n) is 3.05. The first-order chi connectivity index (χ1) is 10.6. The molecular weight excluding hydrogens is 305 g/mol. The van der Waals surface area contributed by atoms with Crippen molar-refractivity contribution in [2.75, 3.05) is 7.11 Å². The van der Waals surface area contributed by atoms with Crippen molar-refractivity contribution in [3.05, 3.63) is 53.6 Å². The number of hydrogen-bond acceptors (Lipinski definition) is 5. The van der Waals surface area contributed by atoms with E-state index in [-0.39, 0.29) is 5.56 Å². The summed E-state index contributed by atoms with van der Waals surface area (Å²) < 4.78 is 19.9. The number of ether oxygens (including phenoxy) is 1. The van der Waals surface area contributed by atoms with Gasteiger partial charge in [-0.2, -0.15) is 0 Å². The Kier molecular flexibility index (Phi) is 5.32. The molecule has 0 aliphatic carbocycles. The van der Waals surface area contributed by atoms with Crippen molar-refractivity contribution in [2.45, 2.75) is 24.4 Å². The number of methoxy groups -OCH3 is 1. The van der Waals surface area contributed by atoms with E-state index >= 15 is 0 Å². The molecule has 0 bridgehead atoms. The molecule has 0 saturated carbocycles. The van der Waals surface area contributed by atoms with Crippen LogP contribution in [-0.2, 0) is 17.0 Å². The van der Waals surface area contributed by atoms with Gasteiger partial charge in [0.1, 0.15) is 11.6 Å². The minimum atomic E-state index is -0.557. The zero-order valence-corrected chi connectivity index (χ0v) is 13.2. The highest BCUT2D eigenvalue weighted by molar-refractivity contribution is 7.98. The first-order valence-corrected chi connectivity index (χ1v) is 7.55. The fourth-order valence-corrected chi connectivity index (χ4v) is 2.92. The maximum absolute atomic E-state index is 13.3. The number of esters is 1. The second-order valence-electron chi connectivity index (χ2n) is 4.51. The Morgan fingerprint density at radius 1 is 1.50 bits per heavy atom. The molecule has 0 spiro atoms. The molecule has 0 aliphatic heterocycles. The lowest BCUT2D eigenvalue weighted by Crippen LogP contribution is -2.06. The van der Waals surface area contributed by atoms with Gasteiger partial charge in [0, 0.05) is 12.3 Å². The van der Waals surface area contributed by atoms with Crippen LogP contribution in [0.5, 0.6) is 0 Å². The number of rotatable bonds is 6. The number of carbonyl (C=O) groups excluding carboxylic acids is 1. The van der Waals surface area contributed by atoms with Gasteiger partial charge in [0.15, 0.2) is 5.16 Å². The first kappa shape index (κ1) is 16.2. The maximum Gasteiger partial charge on any atom is 0.338 e. The average Bonchev–Trinajstić information content (AvgIpc) is 2.86. The molecular formula is C15H16FN3O2S. The Hall–Kier alpha value is -2.15. The monoisotopic (exact) mass is 321 g/mol. The van der Waals surface area contributed by atoms with Crippen LogP contribution < -0.4 is 0 Å². The van der Waals surface area contributed by atoms with E-state index in [1.54, 1.807) is 12.1 Å². The van der Waals surface area contributed by atoms with Crippen LogP contribution in [0.15, 0.2) is 36.0 Å². The summed E-state index contributed by atoms with van der Waals surface area (Å²) in [6, 6.07) is 4.08. The second-order valence-corrected chi connectivity index (χ2v) is 5.45. The van der Waals surface area contributed by atoms with Crippen molar-refractivity contribution in [1.29, 1.82) is 0 Å². The molecule has 0 N–H and O–H groups in total. The van der Waals surface area contributed by atoms with E-state index in [1.165, 1.54) is 31.0 Å². The van der Waals surface area contributed by atoms with Crippen molar-refractivity contribution < 1.29 is 13.9 Å². The van der Waals surface area contributed by atoms with E-state index in [4.69, 9.17) is 0 Å². The molecule has 0 atom stereocenters. The van der Waals surface area contributed by atoms with Gasteiger partial charge in [0.25, 0.3) is 0 Å². The first-order valence-electron chi connectivity index (χ1n) is 6.57. The highest BCUT2D eigenvalue weighted by atomic mass is 32.2. The van der Waals surface area contributed by atoms with Crippen LogP contribution in [0, 0.1) is 12.7 Å². The molecule has 0 radical (unpaired) electrons. The Morgan fingerprint density at radius 2 is 2.27 bits per heavy atom. The summed E-state index contributed by atoms with van der Waals surface area (Å²) in [5.41, 5.74) is 0.908. The highest BCUT2D eigenvalue weighted by Gasteiger charge is 2.15. The minimum absolute atomic E-state index is 0.224. The summed E-state index contributed by atoms with van der Waals surface area (Å²) in [7, 11) is 1.27. The maximum atomic E-state index is 13.3. The SMILES string of the molecule is C=CCn1c(C)nnc1SCc1ccc(F)cc1C(=O)OC. The fourth-order valence-electron chi connectivity index (χ4n) is 1.92. The standard InChI is InChI=1S/C15H16FN3O2S/c1-4-7-19-10(2)17-18-15(19)22-9-11-5-6-12(16)8-13(11)14(20)21-3/h4-6,8H,1,7,9H2,2-3H3. The van der Waals surface area contributed by atoms with Crippen LogP contribution in [0.4, 0.5) is 4.39 Å². The molecule has 2 rings (SSSR count).